The highest BCUT2D eigenvalue weighted by Gasteiger charge is 2.06. The van der Waals surface area contributed by atoms with Gasteiger partial charge in [0.05, 0.1) is 6.42 Å². The topological polar surface area (TPSA) is 101 Å². The van der Waals surface area contributed by atoms with Gasteiger partial charge in [-0.1, -0.05) is 25.7 Å². The molecular weight excluding hydrogens is 349 g/mol. The normalized spacial score (nSPS) is 10.8. The molecule has 0 aromatic carbocycles. The first kappa shape index (κ1) is 30.1. The van der Waals surface area contributed by atoms with E-state index in [-0.39, 0.29) is 49.7 Å². The molecule has 0 aliphatic heterocycles. The zero-order chi connectivity index (χ0) is 14.3. The summed E-state index contributed by atoms with van der Waals surface area (Å²) in [6, 6.07) is -0.207. The van der Waals surface area contributed by atoms with Crippen molar-refractivity contribution in [2.75, 3.05) is 19.6 Å². The Morgan fingerprint density at radius 2 is 1.41 bits per heavy atom. The van der Waals surface area contributed by atoms with Crippen LogP contribution in [0.5, 0.6) is 0 Å². The Balaban J connectivity index is -0.000000540. The zero-order valence-electron chi connectivity index (χ0n) is 13.3. The molecule has 6 N–H and O–H groups in total. The van der Waals surface area contributed by atoms with Crippen molar-refractivity contribution >= 4 is 43.2 Å². The van der Waals surface area contributed by atoms with Crippen LogP contribution in [0.25, 0.3) is 0 Å². The molecule has 0 aromatic heterocycles. The number of nitrogens with one attached hydrogen (secondary N) is 1. The van der Waals surface area contributed by atoms with E-state index in [1.54, 1.807) is 0 Å². The molecule has 0 radical (unpaired) electrons. The summed E-state index contributed by atoms with van der Waals surface area (Å²) in [7, 11) is 0. The minimum absolute atomic E-state index is 0. The number of nitrogens with two attached hydrogens (primary N) is 2. The van der Waals surface area contributed by atoms with Crippen LogP contribution in [0.15, 0.2) is 0 Å². The average molecular weight is 383 g/mol. The van der Waals surface area contributed by atoms with Gasteiger partial charge in [0.15, 0.2) is 0 Å². The fraction of sp³-hybridized carbons (Fsp3) is 0.929. The van der Waals surface area contributed by atoms with Crippen molar-refractivity contribution in [3.8, 4) is 0 Å². The van der Waals surface area contributed by atoms with Gasteiger partial charge in [0, 0.05) is 6.04 Å². The molecule has 0 aromatic rings. The minimum atomic E-state index is -0.810. The first-order valence-electron chi connectivity index (χ1n) is 7.55. The maximum atomic E-state index is 10.4. The van der Waals surface area contributed by atoms with E-state index in [1.807, 2.05) is 0 Å². The van der Waals surface area contributed by atoms with E-state index in [4.69, 9.17) is 16.6 Å². The quantitative estimate of drug-likeness (QED) is 0.346. The molecule has 22 heavy (non-hydrogen) atoms. The Kier molecular flexibility index (Phi) is 32.2. The first-order valence-corrected chi connectivity index (χ1v) is 7.55. The maximum Gasteiger partial charge on any atom is 0.304 e. The van der Waals surface area contributed by atoms with E-state index in [1.165, 1.54) is 32.1 Å². The van der Waals surface area contributed by atoms with Crippen LogP contribution >= 0.6 is 37.2 Å². The second-order valence-corrected chi connectivity index (χ2v) is 5.16. The molecule has 0 fully saturated rings. The molecule has 1 unspecified atom stereocenters. The molecule has 8 heteroatoms. The van der Waals surface area contributed by atoms with Crippen LogP contribution in [0.3, 0.4) is 0 Å². The van der Waals surface area contributed by atoms with Gasteiger partial charge in [-0.25, -0.2) is 0 Å². The molecule has 0 aliphatic carbocycles. The van der Waals surface area contributed by atoms with Gasteiger partial charge in [0.2, 0.25) is 0 Å². The Morgan fingerprint density at radius 1 is 0.909 bits per heavy atom. The van der Waals surface area contributed by atoms with Crippen molar-refractivity contribution in [3.05, 3.63) is 0 Å². The maximum absolute atomic E-state index is 10.4. The lowest BCUT2D eigenvalue weighted by atomic mass is 10.1. The fourth-order valence-electron chi connectivity index (χ4n) is 2.04. The van der Waals surface area contributed by atoms with Gasteiger partial charge in [0.25, 0.3) is 0 Å². The Labute approximate surface area is 153 Å². The molecular formula is C14H34Cl3N3O2. The minimum Gasteiger partial charge on any atom is -0.481 e. The average Bonchev–Trinajstić information content (AvgIpc) is 2.35. The smallest absolute Gasteiger partial charge is 0.304 e. The summed E-state index contributed by atoms with van der Waals surface area (Å²) in [6.07, 6.45) is 9.28. The SMILES string of the molecule is Cl.Cl.Cl.NCCCCCCCCNCCCC(N)CC(=O)O. The Bertz CT molecular complexity index is 226. The molecule has 0 aliphatic rings. The molecule has 0 saturated heterocycles. The molecule has 0 amide bonds. The molecule has 0 bridgehead atoms. The highest BCUT2D eigenvalue weighted by molar-refractivity contribution is 5.86. The number of hydrogen-bond donors (Lipinski definition) is 4. The lowest BCUT2D eigenvalue weighted by Crippen LogP contribution is -2.25. The number of hydrogen-bond acceptors (Lipinski definition) is 4. The van der Waals surface area contributed by atoms with Crippen molar-refractivity contribution in [1.82, 2.24) is 5.32 Å². The van der Waals surface area contributed by atoms with Gasteiger partial charge in [0.1, 0.15) is 0 Å². The molecule has 0 heterocycles. The largest absolute Gasteiger partial charge is 0.481 e. The van der Waals surface area contributed by atoms with Crippen molar-refractivity contribution in [2.24, 2.45) is 11.5 Å². The Hall–Kier alpha value is 0.220. The first-order chi connectivity index (χ1) is 9.16. The number of aliphatic carboxylic acids is 1. The van der Waals surface area contributed by atoms with E-state index in [0.717, 1.165) is 38.9 Å². The lowest BCUT2D eigenvalue weighted by Gasteiger charge is -2.09. The second kappa shape index (κ2) is 23.5. The van der Waals surface area contributed by atoms with Crippen LogP contribution in [0.4, 0.5) is 0 Å². The summed E-state index contributed by atoms with van der Waals surface area (Å²) in [6.45, 7) is 2.79. The third kappa shape index (κ3) is 25.2. The third-order valence-corrected chi connectivity index (χ3v) is 3.17. The zero-order valence-corrected chi connectivity index (χ0v) is 15.7. The highest BCUT2D eigenvalue weighted by Crippen LogP contribution is 2.04. The summed E-state index contributed by atoms with van der Waals surface area (Å²) in [5, 5.41) is 11.9. The van der Waals surface area contributed by atoms with Gasteiger partial charge in [-0.2, -0.15) is 0 Å². The van der Waals surface area contributed by atoms with Crippen molar-refractivity contribution < 1.29 is 9.90 Å². The van der Waals surface area contributed by atoms with Crippen LogP contribution in [0.2, 0.25) is 0 Å². The summed E-state index contributed by atoms with van der Waals surface area (Å²) in [5.41, 5.74) is 11.1. The van der Waals surface area contributed by atoms with Crippen LogP contribution in [-0.2, 0) is 4.79 Å². The highest BCUT2D eigenvalue weighted by atomic mass is 35.5. The molecule has 0 rings (SSSR count). The summed E-state index contributed by atoms with van der Waals surface area (Å²) >= 11 is 0. The standard InChI is InChI=1S/C14H31N3O2.3ClH/c15-9-5-3-1-2-4-6-10-17-11-7-8-13(16)12-14(18)19;;;/h13,17H,1-12,15-16H2,(H,18,19);3*1H. The van der Waals surface area contributed by atoms with Crippen molar-refractivity contribution in [3.63, 3.8) is 0 Å². The molecule has 5 nitrogen and oxygen atoms in total. The van der Waals surface area contributed by atoms with Crippen LogP contribution in [0.1, 0.15) is 57.8 Å². The molecule has 0 spiro atoms. The number of carboxylic acids is 1. The van der Waals surface area contributed by atoms with Crippen LogP contribution in [0, 0.1) is 0 Å². The monoisotopic (exact) mass is 381 g/mol. The predicted octanol–water partition coefficient (Wildman–Crippen LogP) is 2.72. The number of rotatable bonds is 14. The van der Waals surface area contributed by atoms with E-state index < -0.39 is 5.97 Å². The third-order valence-electron chi connectivity index (χ3n) is 3.17. The van der Waals surface area contributed by atoms with Gasteiger partial charge < -0.3 is 21.9 Å². The van der Waals surface area contributed by atoms with E-state index in [0.29, 0.717) is 0 Å². The number of carboxylic acid groups (broad SMARTS) is 1. The van der Waals surface area contributed by atoms with Gasteiger partial charge >= 0.3 is 5.97 Å². The lowest BCUT2D eigenvalue weighted by molar-refractivity contribution is -0.137. The van der Waals surface area contributed by atoms with E-state index >= 15 is 0 Å². The van der Waals surface area contributed by atoms with Gasteiger partial charge in [-0.3, -0.25) is 4.79 Å². The molecule has 138 valence electrons. The van der Waals surface area contributed by atoms with Crippen molar-refractivity contribution in [2.45, 2.75) is 63.8 Å². The number of unbranched alkanes of at least 4 members (excludes halogenated alkanes) is 5. The number of halogens is 3. The summed E-state index contributed by atoms with van der Waals surface area (Å²) < 4.78 is 0. The Morgan fingerprint density at radius 3 is 1.95 bits per heavy atom. The van der Waals surface area contributed by atoms with E-state index in [9.17, 15) is 4.79 Å². The van der Waals surface area contributed by atoms with Crippen molar-refractivity contribution in [1.29, 1.82) is 0 Å². The van der Waals surface area contributed by atoms with Gasteiger partial charge in [-0.15, -0.1) is 37.2 Å². The van der Waals surface area contributed by atoms with Crippen LogP contribution < -0.4 is 16.8 Å². The predicted molar refractivity (Wildman–Crippen MR) is 101 cm³/mol. The second-order valence-electron chi connectivity index (χ2n) is 5.16. The van der Waals surface area contributed by atoms with Crippen LogP contribution in [-0.4, -0.2) is 36.8 Å². The van der Waals surface area contributed by atoms with E-state index in [2.05, 4.69) is 5.32 Å². The molecule has 0 saturated carbocycles. The summed E-state index contributed by atoms with van der Waals surface area (Å²) in [4.78, 5) is 10.4. The van der Waals surface area contributed by atoms with Gasteiger partial charge in [-0.05, 0) is 45.3 Å². The summed E-state index contributed by atoms with van der Waals surface area (Å²) in [5.74, 6) is -0.810. The fourth-order valence-corrected chi connectivity index (χ4v) is 2.04. The molecule has 1 atom stereocenters. The number of carbonyl (C=O) groups is 1.